The number of benzene rings is 2. The van der Waals surface area contributed by atoms with Gasteiger partial charge in [-0.2, -0.15) is 17.0 Å². The third kappa shape index (κ3) is 3.66. The highest BCUT2D eigenvalue weighted by atomic mass is 35.5. The molecule has 2 aromatic rings. The van der Waals surface area contributed by atoms with Crippen LogP contribution >= 0.6 is 35.0 Å². The molecule has 0 aromatic heterocycles. The fourth-order valence-corrected chi connectivity index (χ4v) is 4.75. The number of halogens is 2. The second-order valence-electron chi connectivity index (χ2n) is 6.54. The monoisotopic (exact) mass is 426 g/mol. The Morgan fingerprint density at radius 1 is 1.04 bits per heavy atom. The van der Waals surface area contributed by atoms with E-state index in [1.54, 1.807) is 11.8 Å². The van der Waals surface area contributed by atoms with Crippen molar-refractivity contribution >= 4 is 41.0 Å². The van der Waals surface area contributed by atoms with Crippen LogP contribution in [0.25, 0.3) is 6.08 Å². The summed E-state index contributed by atoms with van der Waals surface area (Å²) in [7, 11) is 0. The average Bonchev–Trinajstić information content (AvgIpc) is 2.70. The zero-order valence-electron chi connectivity index (χ0n) is 14.8. The van der Waals surface area contributed by atoms with Crippen molar-refractivity contribution in [1.82, 2.24) is 0 Å². The molecule has 2 N–H and O–H groups in total. The van der Waals surface area contributed by atoms with Gasteiger partial charge in [0.1, 0.15) is 17.4 Å². The van der Waals surface area contributed by atoms with E-state index in [-0.39, 0.29) is 11.8 Å². The molecule has 2 aliphatic heterocycles. The molecule has 140 valence electrons. The first-order valence-electron chi connectivity index (χ1n) is 8.67. The smallest absolute Gasteiger partial charge is 0.205 e. The molecule has 0 saturated carbocycles. The Bertz CT molecular complexity index is 1050. The molecular weight excluding hydrogens is 411 g/mol. The van der Waals surface area contributed by atoms with Crippen LogP contribution in [0.2, 0.25) is 10.0 Å². The van der Waals surface area contributed by atoms with Gasteiger partial charge in [-0.15, -0.1) is 0 Å². The van der Waals surface area contributed by atoms with Crippen LogP contribution in [0, 0.1) is 11.3 Å². The van der Waals surface area contributed by atoms with E-state index in [1.165, 1.54) is 0 Å². The Labute approximate surface area is 178 Å². The molecule has 0 aliphatic carbocycles. The number of ether oxygens (including phenoxy) is 1. The molecule has 0 radical (unpaired) electrons. The Morgan fingerprint density at radius 3 is 2.32 bits per heavy atom. The zero-order valence-corrected chi connectivity index (χ0v) is 17.1. The van der Waals surface area contributed by atoms with Gasteiger partial charge in [-0.25, -0.2) is 0 Å². The Kier molecular flexibility index (Phi) is 5.41. The topological polar surface area (TPSA) is 59.0 Å². The van der Waals surface area contributed by atoms with E-state index in [2.05, 4.69) is 12.1 Å². The number of nitrogens with zero attached hydrogens (tertiary/aromatic N) is 1. The highest BCUT2D eigenvalue weighted by molar-refractivity contribution is 7.99. The molecule has 0 fully saturated rings. The standard InChI is InChI=1S/C22H16Cl2N2OS/c23-16-5-1-13(2-6-16)9-15-11-28-12-19-20(14-3-7-17(24)8-4-14)18(10-25)22(26)27-21(15)19/h1-9,20H,11-12,26H2. The number of nitriles is 1. The third-order valence-electron chi connectivity index (χ3n) is 4.75. The molecule has 2 aromatic carbocycles. The van der Waals surface area contributed by atoms with Crippen LogP contribution in [0.5, 0.6) is 0 Å². The van der Waals surface area contributed by atoms with Crippen molar-refractivity contribution in [2.75, 3.05) is 11.5 Å². The van der Waals surface area contributed by atoms with Crippen LogP contribution in [-0.2, 0) is 4.74 Å². The molecule has 0 amide bonds. The maximum atomic E-state index is 9.71. The van der Waals surface area contributed by atoms with Gasteiger partial charge in [0.05, 0.1) is 5.92 Å². The number of hydrogen-bond acceptors (Lipinski definition) is 4. The molecule has 6 heteroatoms. The van der Waals surface area contributed by atoms with E-state index in [1.807, 2.05) is 48.5 Å². The summed E-state index contributed by atoms with van der Waals surface area (Å²) in [5.74, 6) is 2.29. The lowest BCUT2D eigenvalue weighted by Gasteiger charge is -2.33. The fraction of sp³-hybridized carbons (Fsp3) is 0.136. The summed E-state index contributed by atoms with van der Waals surface area (Å²) in [5, 5.41) is 11.1. The van der Waals surface area contributed by atoms with Crippen molar-refractivity contribution in [2.45, 2.75) is 5.92 Å². The van der Waals surface area contributed by atoms with E-state index < -0.39 is 0 Å². The maximum absolute atomic E-state index is 9.71. The molecular formula is C22H16Cl2N2OS. The molecule has 0 saturated heterocycles. The van der Waals surface area contributed by atoms with Gasteiger partial charge in [-0.05, 0) is 47.0 Å². The lowest BCUT2D eigenvalue weighted by molar-refractivity contribution is 0.288. The first-order valence-corrected chi connectivity index (χ1v) is 10.6. The van der Waals surface area contributed by atoms with Crippen LogP contribution in [0.4, 0.5) is 0 Å². The highest BCUT2D eigenvalue weighted by Gasteiger charge is 2.35. The minimum Gasteiger partial charge on any atom is -0.440 e. The van der Waals surface area contributed by atoms with Crippen molar-refractivity contribution in [3.63, 3.8) is 0 Å². The summed E-state index contributed by atoms with van der Waals surface area (Å²) in [6, 6.07) is 17.4. The predicted molar refractivity (Wildman–Crippen MR) is 116 cm³/mol. The van der Waals surface area contributed by atoms with Gasteiger partial charge in [0.15, 0.2) is 0 Å². The Balaban J connectivity index is 1.82. The van der Waals surface area contributed by atoms with Crippen LogP contribution in [0.3, 0.4) is 0 Å². The van der Waals surface area contributed by atoms with Crippen molar-refractivity contribution in [3.05, 3.63) is 98.1 Å². The molecule has 2 aliphatic rings. The molecule has 28 heavy (non-hydrogen) atoms. The van der Waals surface area contributed by atoms with Gasteiger partial charge in [0.25, 0.3) is 0 Å². The second-order valence-corrected chi connectivity index (χ2v) is 8.40. The van der Waals surface area contributed by atoms with Crippen molar-refractivity contribution in [2.24, 2.45) is 5.73 Å². The average molecular weight is 427 g/mol. The summed E-state index contributed by atoms with van der Waals surface area (Å²) in [6.45, 7) is 0. The number of allylic oxidation sites excluding steroid dienone is 2. The van der Waals surface area contributed by atoms with Crippen LogP contribution in [-0.4, -0.2) is 11.5 Å². The lowest BCUT2D eigenvalue weighted by Crippen LogP contribution is -2.25. The first kappa shape index (κ1) is 19.0. The van der Waals surface area contributed by atoms with Gasteiger partial charge in [-0.3, -0.25) is 0 Å². The van der Waals surface area contributed by atoms with Crippen molar-refractivity contribution < 1.29 is 4.74 Å². The summed E-state index contributed by atoms with van der Waals surface area (Å²) in [4.78, 5) is 0. The zero-order chi connectivity index (χ0) is 19.7. The predicted octanol–water partition coefficient (Wildman–Crippen LogP) is 5.89. The van der Waals surface area contributed by atoms with Gasteiger partial charge in [-0.1, -0.05) is 47.5 Å². The minimum absolute atomic E-state index is 0.162. The van der Waals surface area contributed by atoms with E-state index in [4.69, 9.17) is 33.7 Å². The first-order chi connectivity index (χ1) is 13.6. The van der Waals surface area contributed by atoms with E-state index in [9.17, 15) is 5.26 Å². The van der Waals surface area contributed by atoms with E-state index >= 15 is 0 Å². The number of rotatable bonds is 2. The van der Waals surface area contributed by atoms with Gasteiger partial charge in [0.2, 0.25) is 5.88 Å². The number of hydrogen-bond donors (Lipinski definition) is 1. The molecule has 3 nitrogen and oxygen atoms in total. The summed E-state index contributed by atoms with van der Waals surface area (Å²) < 4.78 is 5.96. The molecule has 2 heterocycles. The van der Waals surface area contributed by atoms with E-state index in [0.717, 1.165) is 39.5 Å². The molecule has 4 rings (SSSR count). The van der Waals surface area contributed by atoms with Gasteiger partial charge >= 0.3 is 0 Å². The van der Waals surface area contributed by atoms with Gasteiger partial charge < -0.3 is 10.5 Å². The summed E-state index contributed by atoms with van der Waals surface area (Å²) >= 11 is 13.8. The Hall–Kier alpha value is -2.32. The van der Waals surface area contributed by atoms with Crippen LogP contribution in [0.15, 0.2) is 76.9 Å². The normalized spacial score (nSPS) is 20.6. The molecule has 0 spiro atoms. The van der Waals surface area contributed by atoms with Gasteiger partial charge in [0, 0.05) is 27.1 Å². The maximum Gasteiger partial charge on any atom is 0.205 e. The van der Waals surface area contributed by atoms with E-state index in [0.29, 0.717) is 15.6 Å². The fourth-order valence-electron chi connectivity index (χ4n) is 3.45. The quantitative estimate of drug-likeness (QED) is 0.650. The van der Waals surface area contributed by atoms with Crippen molar-refractivity contribution in [1.29, 1.82) is 5.26 Å². The highest BCUT2D eigenvalue weighted by Crippen LogP contribution is 2.45. The molecule has 0 bridgehead atoms. The summed E-state index contributed by atoms with van der Waals surface area (Å²) in [6.07, 6.45) is 2.08. The minimum atomic E-state index is -0.229. The van der Waals surface area contributed by atoms with Crippen LogP contribution < -0.4 is 5.73 Å². The third-order valence-corrected chi connectivity index (χ3v) is 6.28. The lowest BCUT2D eigenvalue weighted by atomic mass is 9.82. The largest absolute Gasteiger partial charge is 0.440 e. The van der Waals surface area contributed by atoms with Crippen molar-refractivity contribution in [3.8, 4) is 6.07 Å². The molecule has 1 unspecified atom stereocenters. The number of nitrogens with two attached hydrogens (primary N) is 1. The molecule has 1 atom stereocenters. The second kappa shape index (κ2) is 7.97. The van der Waals surface area contributed by atoms with Crippen LogP contribution in [0.1, 0.15) is 17.0 Å². The Morgan fingerprint density at radius 2 is 1.68 bits per heavy atom. The SMILES string of the molecule is N#CC1=C(N)OC2=C(CSCC2=Cc2ccc(Cl)cc2)C1c1ccc(Cl)cc1. The number of thioether (sulfide) groups is 1. The summed E-state index contributed by atoms with van der Waals surface area (Å²) in [5.41, 5.74) is 10.7.